The van der Waals surface area contributed by atoms with Crippen LogP contribution in [0.5, 0.6) is 11.5 Å². The lowest BCUT2D eigenvalue weighted by Crippen LogP contribution is -2.48. The Bertz CT molecular complexity index is 929. The number of ether oxygens (including phenoxy) is 2. The Morgan fingerprint density at radius 3 is 2.40 bits per heavy atom. The van der Waals surface area contributed by atoms with E-state index in [2.05, 4.69) is 5.32 Å². The molecule has 1 atom stereocenters. The van der Waals surface area contributed by atoms with Gasteiger partial charge in [-0.25, -0.2) is 8.42 Å². The summed E-state index contributed by atoms with van der Waals surface area (Å²) in [5.41, 5.74) is 1.48. The van der Waals surface area contributed by atoms with Crippen LogP contribution in [0.4, 0.5) is 5.69 Å². The maximum atomic E-state index is 12.6. The minimum Gasteiger partial charge on any atom is -0.496 e. The van der Waals surface area contributed by atoms with Crippen molar-refractivity contribution in [2.24, 2.45) is 0 Å². The summed E-state index contributed by atoms with van der Waals surface area (Å²) in [4.78, 5) is 12.6. The van der Waals surface area contributed by atoms with Gasteiger partial charge in [0.2, 0.25) is 15.9 Å². The maximum absolute atomic E-state index is 12.6. The average molecular weight is 435 g/mol. The first-order chi connectivity index (χ1) is 14.3. The first-order valence-electron chi connectivity index (χ1n) is 9.89. The number of methoxy groups -OCH3 is 1. The molecule has 1 N–H and O–H groups in total. The van der Waals surface area contributed by atoms with Crippen LogP contribution in [0.2, 0.25) is 0 Å². The quantitative estimate of drug-likeness (QED) is 0.550. The van der Waals surface area contributed by atoms with Gasteiger partial charge in [0.1, 0.15) is 17.5 Å². The summed E-state index contributed by atoms with van der Waals surface area (Å²) in [7, 11) is -2.03. The minimum atomic E-state index is -3.65. The zero-order chi connectivity index (χ0) is 22.1. The van der Waals surface area contributed by atoms with Gasteiger partial charge in [0.05, 0.1) is 25.7 Å². The lowest BCUT2D eigenvalue weighted by atomic mass is 10.1. The first-order valence-corrected chi connectivity index (χ1v) is 11.7. The fraction of sp³-hybridized carbons (Fsp3) is 0.409. The molecular weight excluding hydrogens is 404 g/mol. The number of hydrogen-bond donors (Lipinski definition) is 1. The molecule has 0 spiro atoms. The molecule has 1 amide bonds. The van der Waals surface area contributed by atoms with Crippen LogP contribution in [0.1, 0.15) is 25.8 Å². The van der Waals surface area contributed by atoms with Crippen LogP contribution in [0, 0.1) is 0 Å². The van der Waals surface area contributed by atoms with Crippen LogP contribution in [0.25, 0.3) is 0 Å². The van der Waals surface area contributed by atoms with E-state index in [0.717, 1.165) is 28.3 Å². The van der Waals surface area contributed by atoms with Crippen molar-refractivity contribution >= 4 is 21.6 Å². The SMILES string of the molecule is CCOc1ccc(N([C@H](C)C(=O)NCCCc2ccccc2OC)S(C)(=O)=O)cc1. The topological polar surface area (TPSA) is 84.9 Å². The number of aryl methyl sites for hydroxylation is 1. The molecule has 0 heterocycles. The Morgan fingerprint density at radius 1 is 1.13 bits per heavy atom. The van der Waals surface area contributed by atoms with E-state index >= 15 is 0 Å². The third kappa shape index (κ3) is 6.38. The van der Waals surface area contributed by atoms with E-state index in [-0.39, 0.29) is 5.91 Å². The smallest absolute Gasteiger partial charge is 0.243 e. The molecule has 0 saturated carbocycles. The van der Waals surface area contributed by atoms with Crippen molar-refractivity contribution in [3.05, 3.63) is 54.1 Å². The van der Waals surface area contributed by atoms with Gasteiger partial charge in [-0.3, -0.25) is 9.10 Å². The zero-order valence-corrected chi connectivity index (χ0v) is 18.7. The number of carbonyl (C=O) groups is 1. The zero-order valence-electron chi connectivity index (χ0n) is 17.9. The number of nitrogens with zero attached hydrogens (tertiary/aromatic N) is 1. The van der Waals surface area contributed by atoms with Crippen molar-refractivity contribution in [3.63, 3.8) is 0 Å². The molecule has 0 fully saturated rings. The molecule has 2 aromatic carbocycles. The highest BCUT2D eigenvalue weighted by Gasteiger charge is 2.28. The van der Waals surface area contributed by atoms with Gasteiger partial charge in [-0.05, 0) is 62.6 Å². The highest BCUT2D eigenvalue weighted by atomic mass is 32.2. The van der Waals surface area contributed by atoms with Crippen molar-refractivity contribution in [1.82, 2.24) is 5.32 Å². The minimum absolute atomic E-state index is 0.352. The molecule has 0 bridgehead atoms. The van der Waals surface area contributed by atoms with Crippen LogP contribution in [0.3, 0.4) is 0 Å². The van der Waals surface area contributed by atoms with Gasteiger partial charge in [0, 0.05) is 6.54 Å². The fourth-order valence-corrected chi connectivity index (χ4v) is 4.39. The highest BCUT2D eigenvalue weighted by molar-refractivity contribution is 7.92. The Morgan fingerprint density at radius 2 is 1.80 bits per heavy atom. The average Bonchev–Trinajstić information content (AvgIpc) is 2.72. The summed E-state index contributed by atoms with van der Waals surface area (Å²) < 4.78 is 36.6. The second-order valence-corrected chi connectivity index (χ2v) is 8.73. The second-order valence-electron chi connectivity index (χ2n) is 6.87. The Balaban J connectivity index is 2.00. The number of hydrogen-bond acceptors (Lipinski definition) is 5. The summed E-state index contributed by atoms with van der Waals surface area (Å²) in [6, 6.07) is 13.5. The van der Waals surface area contributed by atoms with Crippen LogP contribution >= 0.6 is 0 Å². The van der Waals surface area contributed by atoms with Crippen molar-refractivity contribution in [2.75, 3.05) is 30.8 Å². The standard InChI is InChI=1S/C22H30N2O5S/c1-5-29-20-14-12-19(13-15-20)24(30(4,26)27)17(2)22(25)23-16-8-10-18-9-6-7-11-21(18)28-3/h6-7,9,11-15,17H,5,8,10,16H2,1-4H3,(H,23,25)/t17-/m1/s1. The molecule has 0 aliphatic heterocycles. The molecule has 0 aromatic heterocycles. The van der Waals surface area contributed by atoms with E-state index in [4.69, 9.17) is 9.47 Å². The Kier molecular flexibility index (Phi) is 8.53. The van der Waals surface area contributed by atoms with Gasteiger partial charge >= 0.3 is 0 Å². The van der Waals surface area contributed by atoms with Gasteiger partial charge in [-0.1, -0.05) is 18.2 Å². The van der Waals surface area contributed by atoms with Gasteiger partial charge in [-0.2, -0.15) is 0 Å². The number of amides is 1. The Hall–Kier alpha value is -2.74. The number of anilines is 1. The van der Waals surface area contributed by atoms with E-state index in [1.165, 1.54) is 0 Å². The van der Waals surface area contributed by atoms with Crippen molar-refractivity contribution in [1.29, 1.82) is 0 Å². The van der Waals surface area contributed by atoms with E-state index < -0.39 is 16.1 Å². The Labute approximate surface area is 179 Å². The molecule has 0 unspecified atom stereocenters. The molecule has 0 saturated heterocycles. The predicted octanol–water partition coefficient (Wildman–Crippen LogP) is 3.00. The normalized spacial score (nSPS) is 12.1. The summed E-state index contributed by atoms with van der Waals surface area (Å²) in [6.45, 7) is 4.40. The number of sulfonamides is 1. The molecule has 2 aromatic rings. The van der Waals surface area contributed by atoms with Crippen LogP contribution in [-0.4, -0.2) is 46.9 Å². The molecular formula is C22H30N2O5S. The highest BCUT2D eigenvalue weighted by Crippen LogP contribution is 2.24. The largest absolute Gasteiger partial charge is 0.496 e. The van der Waals surface area contributed by atoms with Crippen LogP contribution < -0.4 is 19.1 Å². The molecule has 0 aliphatic rings. The summed E-state index contributed by atoms with van der Waals surface area (Å²) in [5, 5.41) is 2.83. The molecule has 0 aliphatic carbocycles. The monoisotopic (exact) mass is 434 g/mol. The lowest BCUT2D eigenvalue weighted by Gasteiger charge is -2.28. The van der Waals surface area contributed by atoms with Crippen LogP contribution in [-0.2, 0) is 21.2 Å². The summed E-state index contributed by atoms with van der Waals surface area (Å²) in [6.07, 6.45) is 2.54. The molecule has 2 rings (SSSR count). The van der Waals surface area contributed by atoms with E-state index in [1.807, 2.05) is 31.2 Å². The second kappa shape index (κ2) is 10.9. The van der Waals surface area contributed by atoms with Gasteiger partial charge < -0.3 is 14.8 Å². The molecule has 8 heteroatoms. The fourth-order valence-electron chi connectivity index (χ4n) is 3.21. The molecule has 30 heavy (non-hydrogen) atoms. The third-order valence-corrected chi connectivity index (χ3v) is 5.85. The van der Waals surface area contributed by atoms with E-state index in [1.54, 1.807) is 38.3 Å². The lowest BCUT2D eigenvalue weighted by molar-refractivity contribution is -0.121. The maximum Gasteiger partial charge on any atom is 0.243 e. The number of nitrogens with one attached hydrogen (secondary N) is 1. The summed E-state index contributed by atoms with van der Waals surface area (Å²) >= 11 is 0. The summed E-state index contributed by atoms with van der Waals surface area (Å²) in [5.74, 6) is 1.11. The number of rotatable bonds is 11. The number of para-hydroxylation sites is 1. The van der Waals surface area contributed by atoms with Gasteiger partial charge in [0.15, 0.2) is 0 Å². The number of benzene rings is 2. The number of carbonyl (C=O) groups excluding carboxylic acids is 1. The first kappa shape index (κ1) is 23.5. The van der Waals surface area contributed by atoms with Crippen molar-refractivity contribution < 1.29 is 22.7 Å². The molecule has 164 valence electrons. The van der Waals surface area contributed by atoms with Gasteiger partial charge in [0.25, 0.3) is 0 Å². The molecule has 0 radical (unpaired) electrons. The van der Waals surface area contributed by atoms with Gasteiger partial charge in [-0.15, -0.1) is 0 Å². The predicted molar refractivity (Wildman–Crippen MR) is 119 cm³/mol. The van der Waals surface area contributed by atoms with Crippen molar-refractivity contribution in [2.45, 2.75) is 32.7 Å². The van der Waals surface area contributed by atoms with Crippen LogP contribution in [0.15, 0.2) is 48.5 Å². The van der Waals surface area contributed by atoms with E-state index in [0.29, 0.717) is 31.0 Å². The van der Waals surface area contributed by atoms with Crippen molar-refractivity contribution in [3.8, 4) is 11.5 Å². The molecule has 7 nitrogen and oxygen atoms in total. The third-order valence-electron chi connectivity index (χ3n) is 4.61. The van der Waals surface area contributed by atoms with E-state index in [9.17, 15) is 13.2 Å².